The van der Waals surface area contributed by atoms with Crippen LogP contribution in [0.4, 0.5) is 0 Å². The molecule has 0 spiro atoms. The number of aliphatic imine (C=N–C) groups is 1. The van der Waals surface area contributed by atoms with Crippen LogP contribution in [0.2, 0.25) is 0 Å². The Bertz CT molecular complexity index is 663. The van der Waals surface area contributed by atoms with Crippen LogP contribution in [0.5, 0.6) is 0 Å². The first-order chi connectivity index (χ1) is 14.0. The molecule has 3 amide bonds. The smallest absolute Gasteiger partial charge is 0.326 e. The number of nitrogens with one attached hydrogen (secondary N) is 2. The molecule has 0 radical (unpaired) electrons. The fourth-order valence-electron chi connectivity index (χ4n) is 3.05. The minimum Gasteiger partial charge on any atom is -0.480 e. The summed E-state index contributed by atoms with van der Waals surface area (Å²) in [6.07, 6.45) is 1.52. The first-order valence-electron chi connectivity index (χ1n) is 9.95. The highest BCUT2D eigenvalue weighted by Gasteiger charge is 2.35. The Labute approximate surface area is 175 Å². The third-order valence-corrected chi connectivity index (χ3v) is 4.87. The van der Waals surface area contributed by atoms with E-state index in [2.05, 4.69) is 15.6 Å². The Hall–Kier alpha value is -2.89. The first kappa shape index (κ1) is 25.1. The molecule has 3 atom stereocenters. The molecule has 30 heavy (non-hydrogen) atoms. The van der Waals surface area contributed by atoms with Gasteiger partial charge in [-0.05, 0) is 31.6 Å². The lowest BCUT2D eigenvalue weighted by Gasteiger charge is -2.26. The number of carboxylic acid groups (broad SMARTS) is 1. The van der Waals surface area contributed by atoms with Crippen molar-refractivity contribution in [2.45, 2.75) is 57.7 Å². The minimum atomic E-state index is -1.18. The van der Waals surface area contributed by atoms with E-state index >= 15 is 0 Å². The van der Waals surface area contributed by atoms with E-state index in [-0.39, 0.29) is 31.4 Å². The number of nitrogens with two attached hydrogens (primary N) is 3. The van der Waals surface area contributed by atoms with Gasteiger partial charge >= 0.3 is 5.97 Å². The van der Waals surface area contributed by atoms with Gasteiger partial charge in [0.25, 0.3) is 0 Å². The Morgan fingerprint density at radius 3 is 2.47 bits per heavy atom. The third-order valence-electron chi connectivity index (χ3n) is 4.87. The number of carbonyl (C=O) groups is 4. The molecule has 0 bridgehead atoms. The number of rotatable bonds is 11. The lowest BCUT2D eigenvalue weighted by Crippen LogP contribution is -2.53. The zero-order valence-electron chi connectivity index (χ0n) is 17.5. The van der Waals surface area contributed by atoms with E-state index in [1.165, 1.54) is 4.90 Å². The van der Waals surface area contributed by atoms with Crippen LogP contribution in [-0.2, 0) is 19.2 Å². The second kappa shape index (κ2) is 12.0. The molecule has 170 valence electrons. The van der Waals surface area contributed by atoms with Gasteiger partial charge in [0.2, 0.25) is 17.7 Å². The number of amides is 3. The topological polar surface area (TPSA) is 206 Å². The van der Waals surface area contributed by atoms with Gasteiger partial charge in [0.05, 0.1) is 12.6 Å². The molecule has 0 aliphatic carbocycles. The van der Waals surface area contributed by atoms with Crippen molar-refractivity contribution >= 4 is 29.7 Å². The minimum absolute atomic E-state index is 0.0784. The molecule has 1 rings (SSSR count). The molecule has 12 nitrogen and oxygen atoms in total. The predicted octanol–water partition coefficient (Wildman–Crippen LogP) is -2.30. The number of nitrogens with zero attached hydrogens (tertiary/aromatic N) is 2. The van der Waals surface area contributed by atoms with E-state index in [0.717, 1.165) is 0 Å². The van der Waals surface area contributed by atoms with Crippen molar-refractivity contribution in [2.24, 2.45) is 28.1 Å². The maximum atomic E-state index is 12.6. The number of guanidine groups is 1. The summed E-state index contributed by atoms with van der Waals surface area (Å²) in [5, 5.41) is 14.3. The van der Waals surface area contributed by atoms with Crippen molar-refractivity contribution < 1.29 is 24.3 Å². The zero-order chi connectivity index (χ0) is 22.8. The Morgan fingerprint density at radius 1 is 1.23 bits per heavy atom. The van der Waals surface area contributed by atoms with Crippen molar-refractivity contribution in [1.29, 1.82) is 0 Å². The standard InChI is InChI=1S/C18H33N7O5/c1-10(2)14(19)16(28)23-9-13(26)25-8-4-6-12(25)15(27)24-11(17(29)30)5-3-7-22-18(20)21/h10-12,14H,3-9,19H2,1-2H3,(H,23,28)(H,24,27)(H,29,30)(H4,20,21,22)/t11-,12-,14-/m0/s1. The van der Waals surface area contributed by atoms with Crippen LogP contribution in [0.15, 0.2) is 4.99 Å². The summed E-state index contributed by atoms with van der Waals surface area (Å²) in [6, 6.07) is -2.63. The van der Waals surface area contributed by atoms with E-state index in [0.29, 0.717) is 25.8 Å². The molecule has 0 saturated carbocycles. The monoisotopic (exact) mass is 427 g/mol. The second-order valence-electron chi connectivity index (χ2n) is 7.58. The van der Waals surface area contributed by atoms with E-state index < -0.39 is 41.8 Å². The van der Waals surface area contributed by atoms with Crippen molar-refractivity contribution in [3.05, 3.63) is 0 Å². The third kappa shape index (κ3) is 7.85. The number of hydrogen-bond acceptors (Lipinski definition) is 6. The maximum Gasteiger partial charge on any atom is 0.326 e. The molecule has 1 fully saturated rings. The molecule has 1 aliphatic heterocycles. The molecule has 9 N–H and O–H groups in total. The first-order valence-corrected chi connectivity index (χ1v) is 9.95. The van der Waals surface area contributed by atoms with Crippen molar-refractivity contribution in [1.82, 2.24) is 15.5 Å². The SMILES string of the molecule is CC(C)[C@H](N)C(=O)NCC(=O)N1CCC[C@H]1C(=O)N[C@@H](CCCN=C(N)N)C(=O)O. The molecule has 0 unspecified atom stereocenters. The summed E-state index contributed by atoms with van der Waals surface area (Å²) >= 11 is 0. The van der Waals surface area contributed by atoms with E-state index in [4.69, 9.17) is 17.2 Å². The van der Waals surface area contributed by atoms with Crippen LogP contribution >= 0.6 is 0 Å². The number of aliphatic carboxylic acids is 1. The Kier molecular flexibility index (Phi) is 10.0. The van der Waals surface area contributed by atoms with Crippen molar-refractivity contribution in [3.63, 3.8) is 0 Å². The average molecular weight is 428 g/mol. The summed E-state index contributed by atoms with van der Waals surface area (Å²) in [6.45, 7) is 3.91. The van der Waals surface area contributed by atoms with Gasteiger partial charge in [0.1, 0.15) is 12.1 Å². The molecule has 0 aromatic carbocycles. The average Bonchev–Trinajstić information content (AvgIpc) is 3.16. The number of carbonyl (C=O) groups excluding carboxylic acids is 3. The summed E-state index contributed by atoms with van der Waals surface area (Å²) in [5.74, 6) is -2.75. The van der Waals surface area contributed by atoms with Crippen LogP contribution < -0.4 is 27.8 Å². The van der Waals surface area contributed by atoms with Gasteiger partial charge < -0.3 is 37.8 Å². The highest BCUT2D eigenvalue weighted by Crippen LogP contribution is 2.18. The quantitative estimate of drug-likeness (QED) is 0.120. The van der Waals surface area contributed by atoms with Crippen molar-refractivity contribution in [2.75, 3.05) is 19.6 Å². The fraction of sp³-hybridized carbons (Fsp3) is 0.722. The molecule has 0 aromatic rings. The van der Waals surface area contributed by atoms with Crippen LogP contribution in [0.1, 0.15) is 39.5 Å². The van der Waals surface area contributed by atoms with Crippen LogP contribution in [0.25, 0.3) is 0 Å². The maximum absolute atomic E-state index is 12.6. The van der Waals surface area contributed by atoms with Crippen LogP contribution in [0, 0.1) is 5.92 Å². The lowest BCUT2D eigenvalue weighted by atomic mass is 10.1. The molecule has 1 heterocycles. The molecular weight excluding hydrogens is 394 g/mol. The van der Waals surface area contributed by atoms with Gasteiger partial charge in [0, 0.05) is 13.1 Å². The Balaban J connectivity index is 2.62. The lowest BCUT2D eigenvalue weighted by molar-refractivity contribution is -0.144. The molecular formula is C18H33N7O5. The van der Waals surface area contributed by atoms with E-state index in [1.807, 2.05) is 0 Å². The predicted molar refractivity (Wildman–Crippen MR) is 110 cm³/mol. The summed E-state index contributed by atoms with van der Waals surface area (Å²) in [7, 11) is 0. The molecule has 12 heteroatoms. The van der Waals surface area contributed by atoms with Gasteiger partial charge in [-0.2, -0.15) is 0 Å². The highest BCUT2D eigenvalue weighted by molar-refractivity contribution is 5.93. The van der Waals surface area contributed by atoms with Gasteiger partial charge in [-0.1, -0.05) is 13.8 Å². The van der Waals surface area contributed by atoms with Gasteiger partial charge in [0.15, 0.2) is 5.96 Å². The van der Waals surface area contributed by atoms with E-state index in [1.54, 1.807) is 13.8 Å². The second-order valence-corrected chi connectivity index (χ2v) is 7.58. The molecule has 1 saturated heterocycles. The Morgan fingerprint density at radius 2 is 1.90 bits per heavy atom. The number of carboxylic acids is 1. The van der Waals surface area contributed by atoms with Gasteiger partial charge in [-0.3, -0.25) is 19.4 Å². The van der Waals surface area contributed by atoms with Gasteiger partial charge in [-0.25, -0.2) is 4.79 Å². The van der Waals surface area contributed by atoms with Crippen molar-refractivity contribution in [3.8, 4) is 0 Å². The van der Waals surface area contributed by atoms with Crippen LogP contribution in [0.3, 0.4) is 0 Å². The largest absolute Gasteiger partial charge is 0.480 e. The summed E-state index contributed by atoms with van der Waals surface area (Å²) < 4.78 is 0. The van der Waals surface area contributed by atoms with E-state index in [9.17, 15) is 24.3 Å². The summed E-state index contributed by atoms with van der Waals surface area (Å²) in [4.78, 5) is 53.6. The fourth-order valence-corrected chi connectivity index (χ4v) is 3.05. The number of likely N-dealkylation sites (tertiary alicyclic amines) is 1. The number of hydrogen-bond donors (Lipinski definition) is 6. The van der Waals surface area contributed by atoms with Crippen LogP contribution in [-0.4, -0.2) is 77.4 Å². The molecule has 1 aliphatic rings. The normalized spacial score (nSPS) is 17.9. The summed E-state index contributed by atoms with van der Waals surface area (Å²) in [5.41, 5.74) is 16.2. The molecule has 0 aromatic heterocycles. The zero-order valence-corrected chi connectivity index (χ0v) is 17.5. The van der Waals surface area contributed by atoms with Gasteiger partial charge in [-0.15, -0.1) is 0 Å². The highest BCUT2D eigenvalue weighted by atomic mass is 16.4.